The molecular formula is C10H13NS. The van der Waals surface area contributed by atoms with Gasteiger partial charge in [-0.15, -0.1) is 11.3 Å². The highest BCUT2D eigenvalue weighted by Gasteiger charge is 1.95. The van der Waals surface area contributed by atoms with E-state index in [-0.39, 0.29) is 0 Å². The molecule has 0 radical (unpaired) electrons. The van der Waals surface area contributed by atoms with Crippen LogP contribution in [0.25, 0.3) is 10.2 Å². The molecule has 0 aliphatic carbocycles. The molecule has 0 N–H and O–H groups in total. The van der Waals surface area contributed by atoms with E-state index in [1.54, 1.807) is 11.3 Å². The smallest absolute Gasteiger partial charge is 0.0907 e. The van der Waals surface area contributed by atoms with Crippen LogP contribution in [0.5, 0.6) is 0 Å². The van der Waals surface area contributed by atoms with Crippen molar-refractivity contribution in [3.8, 4) is 0 Å². The van der Waals surface area contributed by atoms with Gasteiger partial charge < -0.3 is 0 Å². The van der Waals surface area contributed by atoms with Crippen LogP contribution in [0.3, 0.4) is 0 Å². The van der Waals surface area contributed by atoms with Gasteiger partial charge in [-0.3, -0.25) is 0 Å². The Hall–Kier alpha value is -0.890. The van der Waals surface area contributed by atoms with Crippen molar-refractivity contribution in [3.05, 3.63) is 29.3 Å². The van der Waals surface area contributed by atoms with Crippen molar-refractivity contribution in [2.24, 2.45) is 0 Å². The third kappa shape index (κ3) is 1.83. The van der Waals surface area contributed by atoms with Crippen LogP contribution >= 0.6 is 11.3 Å². The molecule has 1 aromatic heterocycles. The van der Waals surface area contributed by atoms with Crippen LogP contribution in [0.4, 0.5) is 0 Å². The maximum atomic E-state index is 4.33. The Kier molecular flexibility index (Phi) is 3.23. The zero-order valence-electron chi connectivity index (χ0n) is 7.66. The second-order valence-electron chi connectivity index (χ2n) is 2.20. The normalized spacial score (nSPS) is 9.25. The van der Waals surface area contributed by atoms with Gasteiger partial charge in [-0.1, -0.05) is 26.0 Å². The molecule has 64 valence electrons. The van der Waals surface area contributed by atoms with Crippen LogP contribution in [-0.2, 0) is 0 Å². The fraction of sp³-hybridized carbons (Fsp3) is 0.300. The average Bonchev–Trinajstić information content (AvgIpc) is 2.48. The largest absolute Gasteiger partial charge is 0.242 e. The van der Waals surface area contributed by atoms with E-state index in [2.05, 4.69) is 11.1 Å². The highest BCUT2D eigenvalue weighted by molar-refractivity contribution is 7.18. The molecule has 12 heavy (non-hydrogen) atoms. The Morgan fingerprint density at radius 3 is 2.50 bits per heavy atom. The highest BCUT2D eigenvalue weighted by Crippen LogP contribution is 2.19. The molecule has 2 aromatic rings. The number of nitrogens with zero attached hydrogens (tertiary/aromatic N) is 1. The first kappa shape index (κ1) is 9.20. The van der Waals surface area contributed by atoms with Gasteiger partial charge in [0.15, 0.2) is 0 Å². The minimum Gasteiger partial charge on any atom is -0.242 e. The lowest BCUT2D eigenvalue weighted by Crippen LogP contribution is -1.65. The molecule has 0 saturated heterocycles. The molecule has 0 fully saturated rings. The van der Waals surface area contributed by atoms with Gasteiger partial charge in [-0.2, -0.15) is 0 Å². The van der Waals surface area contributed by atoms with E-state index in [4.69, 9.17) is 0 Å². The number of para-hydroxylation sites is 1. The molecule has 0 aliphatic rings. The van der Waals surface area contributed by atoms with Gasteiger partial charge in [0.25, 0.3) is 0 Å². The van der Waals surface area contributed by atoms with Crippen molar-refractivity contribution < 1.29 is 0 Å². The van der Waals surface area contributed by atoms with Gasteiger partial charge >= 0.3 is 0 Å². The number of hydrogen-bond acceptors (Lipinski definition) is 2. The van der Waals surface area contributed by atoms with Gasteiger partial charge in [0.05, 0.1) is 15.2 Å². The summed E-state index contributed by atoms with van der Waals surface area (Å²) in [5.41, 5.74) is 1.12. The van der Waals surface area contributed by atoms with Crippen LogP contribution in [-0.4, -0.2) is 4.98 Å². The number of fused-ring (bicyclic) bond motifs is 1. The minimum absolute atomic E-state index is 1.12. The van der Waals surface area contributed by atoms with Crippen LogP contribution < -0.4 is 0 Å². The molecule has 0 bridgehead atoms. The number of thiazole rings is 1. The van der Waals surface area contributed by atoms with Crippen molar-refractivity contribution in [1.82, 2.24) is 4.98 Å². The summed E-state index contributed by atoms with van der Waals surface area (Å²) < 4.78 is 1.28. The fourth-order valence-electron chi connectivity index (χ4n) is 0.987. The predicted octanol–water partition coefficient (Wildman–Crippen LogP) is 3.63. The minimum atomic E-state index is 1.12. The summed E-state index contributed by atoms with van der Waals surface area (Å²) >= 11 is 1.74. The molecule has 0 amide bonds. The zero-order chi connectivity index (χ0) is 8.97. The summed E-state index contributed by atoms with van der Waals surface area (Å²) in [5.74, 6) is 0. The predicted molar refractivity (Wildman–Crippen MR) is 55.7 cm³/mol. The van der Waals surface area contributed by atoms with Crippen LogP contribution in [0.15, 0.2) is 24.3 Å². The highest BCUT2D eigenvalue weighted by atomic mass is 32.1. The Balaban J connectivity index is 0.000000336. The van der Waals surface area contributed by atoms with Crippen molar-refractivity contribution in [2.75, 3.05) is 0 Å². The second kappa shape index (κ2) is 4.21. The zero-order valence-corrected chi connectivity index (χ0v) is 8.48. The van der Waals surface area contributed by atoms with Gasteiger partial charge in [0.2, 0.25) is 0 Å². The molecule has 0 unspecified atom stereocenters. The summed E-state index contributed by atoms with van der Waals surface area (Å²) in [6.45, 7) is 6.03. The summed E-state index contributed by atoms with van der Waals surface area (Å²) in [6.07, 6.45) is 0. The first-order valence-electron chi connectivity index (χ1n) is 4.18. The Labute approximate surface area is 77.1 Å². The molecule has 1 heterocycles. The number of aromatic nitrogens is 1. The van der Waals surface area contributed by atoms with E-state index in [0.29, 0.717) is 0 Å². The fourth-order valence-corrected chi connectivity index (χ4v) is 1.81. The number of hydrogen-bond donors (Lipinski definition) is 0. The Morgan fingerprint density at radius 1 is 1.17 bits per heavy atom. The van der Waals surface area contributed by atoms with Crippen LogP contribution in [0.1, 0.15) is 18.9 Å². The van der Waals surface area contributed by atoms with E-state index in [1.165, 1.54) is 4.70 Å². The van der Waals surface area contributed by atoms with Gasteiger partial charge in [-0.05, 0) is 19.1 Å². The summed E-state index contributed by atoms with van der Waals surface area (Å²) in [7, 11) is 0. The third-order valence-electron chi connectivity index (χ3n) is 1.40. The van der Waals surface area contributed by atoms with Crippen LogP contribution in [0.2, 0.25) is 0 Å². The Morgan fingerprint density at radius 2 is 1.83 bits per heavy atom. The van der Waals surface area contributed by atoms with E-state index in [1.807, 2.05) is 39.0 Å². The molecule has 0 atom stereocenters. The maximum Gasteiger partial charge on any atom is 0.0907 e. The van der Waals surface area contributed by atoms with E-state index >= 15 is 0 Å². The molecule has 1 nitrogen and oxygen atoms in total. The van der Waals surface area contributed by atoms with Gasteiger partial charge in [-0.25, -0.2) is 4.98 Å². The molecule has 2 rings (SSSR count). The molecule has 0 saturated carbocycles. The standard InChI is InChI=1S/C8H7NS.C2H6/c1-6-9-7-4-2-3-5-8(7)10-6;1-2/h2-5H,1H3;1-2H3. The van der Waals surface area contributed by atoms with Gasteiger partial charge in [0.1, 0.15) is 0 Å². The maximum absolute atomic E-state index is 4.33. The molecule has 0 spiro atoms. The summed E-state index contributed by atoms with van der Waals surface area (Å²) in [4.78, 5) is 4.33. The van der Waals surface area contributed by atoms with Crippen molar-refractivity contribution in [3.63, 3.8) is 0 Å². The van der Waals surface area contributed by atoms with Crippen molar-refractivity contribution in [1.29, 1.82) is 0 Å². The van der Waals surface area contributed by atoms with Crippen molar-refractivity contribution >= 4 is 21.6 Å². The SMILES string of the molecule is CC.Cc1nc2ccccc2s1. The third-order valence-corrected chi connectivity index (χ3v) is 2.35. The molecular weight excluding hydrogens is 166 g/mol. The Bertz CT molecular complexity index is 318. The summed E-state index contributed by atoms with van der Waals surface area (Å²) in [6, 6.07) is 8.19. The number of benzene rings is 1. The molecule has 1 aromatic carbocycles. The lowest BCUT2D eigenvalue weighted by atomic mass is 10.3. The lowest BCUT2D eigenvalue weighted by molar-refractivity contribution is 1.35. The first-order chi connectivity index (χ1) is 5.86. The van der Waals surface area contributed by atoms with E-state index < -0.39 is 0 Å². The molecule has 2 heteroatoms. The van der Waals surface area contributed by atoms with Gasteiger partial charge in [0, 0.05) is 0 Å². The van der Waals surface area contributed by atoms with E-state index in [9.17, 15) is 0 Å². The number of aryl methyl sites for hydroxylation is 1. The topological polar surface area (TPSA) is 12.9 Å². The van der Waals surface area contributed by atoms with Crippen LogP contribution in [0, 0.1) is 6.92 Å². The number of rotatable bonds is 0. The average molecular weight is 179 g/mol. The summed E-state index contributed by atoms with van der Waals surface area (Å²) in [5, 5.41) is 1.14. The second-order valence-corrected chi connectivity index (χ2v) is 3.44. The lowest BCUT2D eigenvalue weighted by Gasteiger charge is -1.80. The van der Waals surface area contributed by atoms with E-state index in [0.717, 1.165) is 10.5 Å². The van der Waals surface area contributed by atoms with Crippen molar-refractivity contribution in [2.45, 2.75) is 20.8 Å². The first-order valence-corrected chi connectivity index (χ1v) is 5.00. The monoisotopic (exact) mass is 179 g/mol. The molecule has 0 aliphatic heterocycles. The quantitative estimate of drug-likeness (QED) is 0.601.